The minimum atomic E-state index is -0.380. The summed E-state index contributed by atoms with van der Waals surface area (Å²) >= 11 is 1.50. The van der Waals surface area contributed by atoms with Crippen LogP contribution in [0.5, 0.6) is 0 Å². The molecule has 0 bridgehead atoms. The number of fused-ring (bicyclic) bond motifs is 1. The third-order valence-electron chi connectivity index (χ3n) is 4.44. The average molecular weight is 333 g/mol. The van der Waals surface area contributed by atoms with Gasteiger partial charge in [-0.3, -0.25) is 4.79 Å². The molecule has 4 nitrogen and oxygen atoms in total. The lowest BCUT2D eigenvalue weighted by molar-refractivity contribution is -0.124. The molecule has 124 valence electrons. The number of allylic oxidation sites excluding steroid dienone is 1. The molecule has 0 unspecified atom stereocenters. The highest BCUT2D eigenvalue weighted by Gasteiger charge is 2.19. The number of aryl methyl sites for hydroxylation is 2. The van der Waals surface area contributed by atoms with Crippen molar-refractivity contribution in [3.63, 3.8) is 0 Å². The van der Waals surface area contributed by atoms with Crippen LogP contribution in [-0.4, -0.2) is 25.0 Å². The second-order valence-electron chi connectivity index (χ2n) is 6.20. The van der Waals surface area contributed by atoms with Gasteiger partial charge in [0.1, 0.15) is 4.88 Å². The molecule has 1 aromatic rings. The van der Waals surface area contributed by atoms with Gasteiger partial charge in [-0.15, -0.1) is 11.3 Å². The molecule has 23 heavy (non-hydrogen) atoms. The van der Waals surface area contributed by atoms with Crippen molar-refractivity contribution in [2.24, 2.45) is 0 Å². The van der Waals surface area contributed by atoms with Crippen LogP contribution in [-0.2, 0) is 22.4 Å². The number of esters is 1. The van der Waals surface area contributed by atoms with Gasteiger partial charge in [0.15, 0.2) is 6.61 Å². The van der Waals surface area contributed by atoms with Crippen LogP contribution in [0.2, 0.25) is 0 Å². The first kappa shape index (κ1) is 16.2. The summed E-state index contributed by atoms with van der Waals surface area (Å²) in [6.45, 7) is 0.427. The normalized spacial score (nSPS) is 16.6. The van der Waals surface area contributed by atoms with Gasteiger partial charge >= 0.3 is 5.97 Å². The van der Waals surface area contributed by atoms with Gasteiger partial charge in [-0.05, 0) is 63.0 Å². The molecule has 0 aromatic carbocycles. The first-order valence-electron chi connectivity index (χ1n) is 8.45. The monoisotopic (exact) mass is 333 g/mol. The minimum absolute atomic E-state index is 0.194. The summed E-state index contributed by atoms with van der Waals surface area (Å²) in [6.07, 6.45) is 11.3. The molecule has 0 atom stereocenters. The Bertz CT molecular complexity index is 596. The molecule has 3 rings (SSSR count). The predicted octanol–water partition coefficient (Wildman–Crippen LogP) is 3.40. The van der Waals surface area contributed by atoms with E-state index in [1.807, 2.05) is 6.07 Å². The Balaban J connectivity index is 1.36. The number of ether oxygens (including phenoxy) is 1. The van der Waals surface area contributed by atoms with Crippen LogP contribution in [0, 0.1) is 0 Å². The van der Waals surface area contributed by atoms with Crippen molar-refractivity contribution in [2.75, 3.05) is 13.2 Å². The predicted molar refractivity (Wildman–Crippen MR) is 90.8 cm³/mol. The van der Waals surface area contributed by atoms with E-state index in [0.29, 0.717) is 11.4 Å². The zero-order valence-electron chi connectivity index (χ0n) is 13.4. The molecule has 1 heterocycles. The van der Waals surface area contributed by atoms with E-state index in [4.69, 9.17) is 4.74 Å². The Labute approximate surface area is 140 Å². The van der Waals surface area contributed by atoms with Gasteiger partial charge in [-0.25, -0.2) is 4.79 Å². The number of nitrogens with one attached hydrogen (secondary N) is 1. The summed E-state index contributed by atoms with van der Waals surface area (Å²) in [5.74, 6) is -0.603. The van der Waals surface area contributed by atoms with Crippen molar-refractivity contribution in [3.8, 4) is 0 Å². The van der Waals surface area contributed by atoms with Crippen LogP contribution in [0.3, 0.4) is 0 Å². The largest absolute Gasteiger partial charge is 0.451 e. The Morgan fingerprint density at radius 3 is 2.87 bits per heavy atom. The molecule has 0 spiro atoms. The van der Waals surface area contributed by atoms with Gasteiger partial charge in [0, 0.05) is 11.4 Å². The average Bonchev–Trinajstić information content (AvgIpc) is 3.15. The standard InChI is InChI=1S/C18H23NO3S/c20-17(19-10-9-13-5-2-1-3-6-13)12-22-18(21)16-11-14-7-4-8-15(14)23-16/h5,11H,1-4,6-10,12H2,(H,19,20). The Kier molecular flexibility index (Phi) is 5.49. The van der Waals surface area contributed by atoms with Crippen LogP contribution in [0.4, 0.5) is 0 Å². The maximum Gasteiger partial charge on any atom is 0.348 e. The van der Waals surface area contributed by atoms with Crippen LogP contribution >= 0.6 is 11.3 Å². The van der Waals surface area contributed by atoms with E-state index < -0.39 is 0 Å². The van der Waals surface area contributed by atoms with Gasteiger partial charge < -0.3 is 10.1 Å². The van der Waals surface area contributed by atoms with Gasteiger partial charge in [0.05, 0.1) is 0 Å². The SMILES string of the molecule is O=C(COC(=O)c1cc2c(s1)CCC2)NCCC1=CCCCC1. The number of rotatable bonds is 6. The van der Waals surface area contributed by atoms with E-state index in [1.165, 1.54) is 46.6 Å². The molecule has 0 saturated heterocycles. The highest BCUT2D eigenvalue weighted by atomic mass is 32.1. The molecule has 0 aliphatic heterocycles. The van der Waals surface area contributed by atoms with Gasteiger partial charge in [0.2, 0.25) is 0 Å². The molecule has 0 radical (unpaired) electrons. The topological polar surface area (TPSA) is 55.4 Å². The molecule has 1 amide bonds. The molecular formula is C18H23NO3S. The number of carbonyl (C=O) groups is 2. The Morgan fingerprint density at radius 2 is 2.09 bits per heavy atom. The third kappa shape index (κ3) is 4.44. The number of thiophene rings is 1. The molecule has 2 aliphatic rings. The lowest BCUT2D eigenvalue weighted by Gasteiger charge is -2.12. The van der Waals surface area contributed by atoms with Gasteiger partial charge in [0.25, 0.3) is 5.91 Å². The fraction of sp³-hybridized carbons (Fsp3) is 0.556. The van der Waals surface area contributed by atoms with Gasteiger partial charge in [-0.1, -0.05) is 11.6 Å². The fourth-order valence-corrected chi connectivity index (χ4v) is 4.32. The maximum atomic E-state index is 12.0. The first-order chi connectivity index (χ1) is 11.2. The summed E-state index contributed by atoms with van der Waals surface area (Å²) in [6, 6.07) is 1.92. The van der Waals surface area contributed by atoms with Gasteiger partial charge in [-0.2, -0.15) is 0 Å². The quantitative estimate of drug-likeness (QED) is 0.641. The van der Waals surface area contributed by atoms with E-state index in [0.717, 1.165) is 32.1 Å². The Morgan fingerprint density at radius 1 is 1.17 bits per heavy atom. The summed E-state index contributed by atoms with van der Waals surface area (Å²) in [7, 11) is 0. The lowest BCUT2D eigenvalue weighted by Crippen LogP contribution is -2.29. The summed E-state index contributed by atoms with van der Waals surface area (Å²) in [5.41, 5.74) is 2.70. The van der Waals surface area contributed by atoms with Crippen LogP contribution in [0.15, 0.2) is 17.7 Å². The summed E-state index contributed by atoms with van der Waals surface area (Å²) in [5, 5.41) is 2.82. The maximum absolute atomic E-state index is 12.0. The number of hydrogen-bond acceptors (Lipinski definition) is 4. The molecule has 0 fully saturated rings. The second-order valence-corrected chi connectivity index (χ2v) is 7.33. The molecule has 1 N–H and O–H groups in total. The van der Waals surface area contributed by atoms with Crippen molar-refractivity contribution in [2.45, 2.75) is 51.4 Å². The van der Waals surface area contributed by atoms with Crippen molar-refractivity contribution < 1.29 is 14.3 Å². The van der Waals surface area contributed by atoms with Crippen molar-refractivity contribution in [1.29, 1.82) is 0 Å². The van der Waals surface area contributed by atoms with Crippen molar-refractivity contribution in [3.05, 3.63) is 33.0 Å². The molecule has 5 heteroatoms. The Hall–Kier alpha value is -1.62. The number of carbonyl (C=O) groups excluding carboxylic acids is 2. The van der Waals surface area contributed by atoms with Crippen molar-refractivity contribution >= 4 is 23.2 Å². The van der Waals surface area contributed by atoms with E-state index in [9.17, 15) is 9.59 Å². The molecule has 2 aliphatic carbocycles. The van der Waals surface area contributed by atoms with Crippen LogP contribution < -0.4 is 5.32 Å². The number of amides is 1. The van der Waals surface area contributed by atoms with Crippen LogP contribution in [0.1, 0.15) is 58.6 Å². The fourth-order valence-electron chi connectivity index (χ4n) is 3.18. The second kappa shape index (κ2) is 7.77. The zero-order chi connectivity index (χ0) is 16.1. The van der Waals surface area contributed by atoms with E-state index >= 15 is 0 Å². The van der Waals surface area contributed by atoms with E-state index in [-0.39, 0.29) is 18.5 Å². The molecule has 0 saturated carbocycles. The van der Waals surface area contributed by atoms with E-state index in [2.05, 4.69) is 11.4 Å². The molecular weight excluding hydrogens is 310 g/mol. The highest BCUT2D eigenvalue weighted by molar-refractivity contribution is 7.14. The highest BCUT2D eigenvalue weighted by Crippen LogP contribution is 2.30. The zero-order valence-corrected chi connectivity index (χ0v) is 14.2. The summed E-state index contributed by atoms with van der Waals surface area (Å²) < 4.78 is 5.11. The number of hydrogen-bond donors (Lipinski definition) is 1. The minimum Gasteiger partial charge on any atom is -0.451 e. The smallest absolute Gasteiger partial charge is 0.348 e. The lowest BCUT2D eigenvalue weighted by atomic mass is 9.97. The van der Waals surface area contributed by atoms with E-state index in [1.54, 1.807) is 0 Å². The first-order valence-corrected chi connectivity index (χ1v) is 9.27. The van der Waals surface area contributed by atoms with Crippen molar-refractivity contribution in [1.82, 2.24) is 5.32 Å². The molecule has 1 aromatic heterocycles. The van der Waals surface area contributed by atoms with Crippen LogP contribution in [0.25, 0.3) is 0 Å². The third-order valence-corrected chi connectivity index (χ3v) is 5.65. The summed E-state index contributed by atoms with van der Waals surface area (Å²) in [4.78, 5) is 25.6.